The molecular formula is C14H20F3N3OS. The number of thiazole rings is 1. The predicted octanol–water partition coefficient (Wildman–Crippen LogP) is 2.77. The fourth-order valence-electron chi connectivity index (χ4n) is 2.77. The molecule has 0 radical (unpaired) electrons. The molecule has 124 valence electrons. The highest BCUT2D eigenvalue weighted by molar-refractivity contribution is 7.07. The third kappa shape index (κ3) is 4.95. The summed E-state index contributed by atoms with van der Waals surface area (Å²) in [5, 5.41) is 1.95. The monoisotopic (exact) mass is 335 g/mol. The van der Waals surface area contributed by atoms with E-state index in [-0.39, 0.29) is 18.4 Å². The second-order valence-electron chi connectivity index (χ2n) is 5.52. The number of halogens is 3. The number of hydrogen-bond donors (Lipinski definition) is 0. The molecule has 0 spiro atoms. The summed E-state index contributed by atoms with van der Waals surface area (Å²) in [6.07, 6.45) is -2.87. The Balaban J connectivity index is 1.94. The molecule has 1 fully saturated rings. The lowest BCUT2D eigenvalue weighted by Gasteiger charge is -2.34. The van der Waals surface area contributed by atoms with Crippen LogP contribution in [0.1, 0.15) is 25.5 Å². The van der Waals surface area contributed by atoms with Gasteiger partial charge in [0.1, 0.15) is 6.54 Å². The van der Waals surface area contributed by atoms with Crippen molar-refractivity contribution in [2.24, 2.45) is 5.92 Å². The van der Waals surface area contributed by atoms with E-state index in [1.165, 1.54) is 11.3 Å². The SMILES string of the molecule is CCN(CC(F)(F)F)C(=O)[C@@H]1CCCN(Cc2cscn2)C1. The van der Waals surface area contributed by atoms with Crippen LogP contribution < -0.4 is 0 Å². The van der Waals surface area contributed by atoms with E-state index < -0.39 is 12.7 Å². The third-order valence-corrected chi connectivity index (χ3v) is 4.42. The first kappa shape index (κ1) is 17.2. The number of aromatic nitrogens is 1. The van der Waals surface area contributed by atoms with E-state index in [0.717, 1.165) is 23.6 Å². The first-order valence-corrected chi connectivity index (χ1v) is 8.28. The van der Waals surface area contributed by atoms with E-state index in [9.17, 15) is 18.0 Å². The minimum atomic E-state index is -4.35. The Hall–Kier alpha value is -1.15. The molecule has 1 saturated heterocycles. The molecular weight excluding hydrogens is 315 g/mol. The third-order valence-electron chi connectivity index (χ3n) is 3.79. The Morgan fingerprint density at radius 2 is 2.32 bits per heavy atom. The Kier molecular flexibility index (Phi) is 5.80. The molecule has 1 aromatic heterocycles. The highest BCUT2D eigenvalue weighted by Crippen LogP contribution is 2.23. The van der Waals surface area contributed by atoms with Gasteiger partial charge in [-0.2, -0.15) is 13.2 Å². The van der Waals surface area contributed by atoms with E-state index >= 15 is 0 Å². The van der Waals surface area contributed by atoms with Gasteiger partial charge in [0, 0.05) is 25.0 Å². The summed E-state index contributed by atoms with van der Waals surface area (Å²) in [6.45, 7) is 2.52. The molecule has 0 saturated carbocycles. The predicted molar refractivity (Wildman–Crippen MR) is 78.4 cm³/mol. The zero-order valence-corrected chi connectivity index (χ0v) is 13.3. The Morgan fingerprint density at radius 1 is 1.55 bits per heavy atom. The molecule has 2 heterocycles. The molecule has 1 amide bonds. The Labute approximate surface area is 131 Å². The summed E-state index contributed by atoms with van der Waals surface area (Å²) in [6, 6.07) is 0. The molecule has 4 nitrogen and oxygen atoms in total. The van der Waals surface area contributed by atoms with Crippen LogP contribution in [0.4, 0.5) is 13.2 Å². The topological polar surface area (TPSA) is 36.4 Å². The lowest BCUT2D eigenvalue weighted by atomic mass is 9.96. The summed E-state index contributed by atoms with van der Waals surface area (Å²) in [5.74, 6) is -0.738. The van der Waals surface area contributed by atoms with Crippen LogP contribution in [0.2, 0.25) is 0 Å². The molecule has 1 aliphatic rings. The van der Waals surface area contributed by atoms with Crippen molar-refractivity contribution < 1.29 is 18.0 Å². The molecule has 0 bridgehead atoms. The van der Waals surface area contributed by atoms with Gasteiger partial charge in [-0.1, -0.05) is 0 Å². The molecule has 1 aliphatic heterocycles. The fraction of sp³-hybridized carbons (Fsp3) is 0.714. The van der Waals surface area contributed by atoms with Crippen molar-refractivity contribution in [2.75, 3.05) is 26.2 Å². The van der Waals surface area contributed by atoms with Gasteiger partial charge in [-0.15, -0.1) is 11.3 Å². The quantitative estimate of drug-likeness (QED) is 0.830. The van der Waals surface area contributed by atoms with Crippen LogP contribution in [-0.2, 0) is 11.3 Å². The van der Waals surface area contributed by atoms with Gasteiger partial charge < -0.3 is 4.90 Å². The van der Waals surface area contributed by atoms with Gasteiger partial charge >= 0.3 is 6.18 Å². The summed E-state index contributed by atoms with van der Waals surface area (Å²) in [7, 11) is 0. The minimum absolute atomic E-state index is 0.0843. The van der Waals surface area contributed by atoms with Crippen LogP contribution in [0.5, 0.6) is 0 Å². The van der Waals surface area contributed by atoms with Gasteiger partial charge in [0.2, 0.25) is 5.91 Å². The Bertz CT molecular complexity index is 478. The highest BCUT2D eigenvalue weighted by Gasteiger charge is 2.36. The molecule has 0 N–H and O–H groups in total. The van der Waals surface area contributed by atoms with E-state index in [1.807, 2.05) is 5.38 Å². The van der Waals surface area contributed by atoms with E-state index in [0.29, 0.717) is 19.5 Å². The molecule has 0 aromatic carbocycles. The normalized spacial score (nSPS) is 20.1. The zero-order valence-electron chi connectivity index (χ0n) is 12.5. The lowest BCUT2D eigenvalue weighted by molar-refractivity contribution is -0.164. The lowest BCUT2D eigenvalue weighted by Crippen LogP contribution is -2.47. The first-order chi connectivity index (χ1) is 10.4. The van der Waals surface area contributed by atoms with Gasteiger partial charge in [0.25, 0.3) is 0 Å². The molecule has 1 atom stereocenters. The van der Waals surface area contributed by atoms with Crippen molar-refractivity contribution in [1.29, 1.82) is 0 Å². The molecule has 0 unspecified atom stereocenters. The highest BCUT2D eigenvalue weighted by atomic mass is 32.1. The minimum Gasteiger partial charge on any atom is -0.334 e. The van der Waals surface area contributed by atoms with Crippen molar-refractivity contribution in [3.05, 3.63) is 16.6 Å². The van der Waals surface area contributed by atoms with Gasteiger partial charge in [0.15, 0.2) is 0 Å². The van der Waals surface area contributed by atoms with Crippen LogP contribution in [0.3, 0.4) is 0 Å². The van der Waals surface area contributed by atoms with E-state index in [4.69, 9.17) is 0 Å². The van der Waals surface area contributed by atoms with Crippen molar-refractivity contribution in [3.8, 4) is 0 Å². The molecule has 1 aromatic rings. The maximum Gasteiger partial charge on any atom is 0.406 e. The average molecular weight is 335 g/mol. The van der Waals surface area contributed by atoms with Crippen molar-refractivity contribution in [2.45, 2.75) is 32.5 Å². The summed E-state index contributed by atoms with van der Waals surface area (Å²) >= 11 is 1.51. The molecule has 22 heavy (non-hydrogen) atoms. The zero-order chi connectivity index (χ0) is 16.2. The number of alkyl halides is 3. The number of rotatable bonds is 5. The smallest absolute Gasteiger partial charge is 0.334 e. The van der Waals surface area contributed by atoms with E-state index in [2.05, 4.69) is 9.88 Å². The van der Waals surface area contributed by atoms with Crippen LogP contribution in [-0.4, -0.2) is 53.0 Å². The van der Waals surface area contributed by atoms with Gasteiger partial charge in [-0.05, 0) is 26.3 Å². The van der Waals surface area contributed by atoms with Crippen LogP contribution >= 0.6 is 11.3 Å². The maximum absolute atomic E-state index is 12.5. The summed E-state index contributed by atoms with van der Waals surface area (Å²) < 4.78 is 37.6. The number of amides is 1. The summed E-state index contributed by atoms with van der Waals surface area (Å²) in [4.78, 5) is 19.6. The van der Waals surface area contributed by atoms with Crippen LogP contribution in [0.15, 0.2) is 10.9 Å². The number of piperidine rings is 1. The number of nitrogens with zero attached hydrogens (tertiary/aromatic N) is 3. The van der Waals surface area contributed by atoms with E-state index in [1.54, 1.807) is 12.4 Å². The molecule has 8 heteroatoms. The van der Waals surface area contributed by atoms with Crippen LogP contribution in [0, 0.1) is 5.92 Å². The molecule has 2 rings (SSSR count). The first-order valence-electron chi connectivity index (χ1n) is 7.34. The van der Waals surface area contributed by atoms with Crippen molar-refractivity contribution >= 4 is 17.2 Å². The van der Waals surface area contributed by atoms with Gasteiger partial charge in [-0.3, -0.25) is 9.69 Å². The Morgan fingerprint density at radius 3 is 2.91 bits per heavy atom. The second kappa shape index (κ2) is 7.41. The fourth-order valence-corrected chi connectivity index (χ4v) is 3.32. The number of likely N-dealkylation sites (tertiary alicyclic amines) is 1. The van der Waals surface area contributed by atoms with Gasteiger partial charge in [0.05, 0.1) is 17.1 Å². The largest absolute Gasteiger partial charge is 0.406 e. The number of carbonyl (C=O) groups is 1. The number of carbonyl (C=O) groups excluding carboxylic acids is 1. The summed E-state index contributed by atoms with van der Waals surface area (Å²) in [5.41, 5.74) is 2.70. The van der Waals surface area contributed by atoms with Crippen molar-refractivity contribution in [1.82, 2.24) is 14.8 Å². The van der Waals surface area contributed by atoms with Crippen LogP contribution in [0.25, 0.3) is 0 Å². The standard InChI is InChI=1S/C14H20F3N3OS/c1-2-20(9-14(15,16)17)13(21)11-4-3-5-19(6-11)7-12-8-22-10-18-12/h8,10-11H,2-7,9H2,1H3/t11-/m1/s1. The average Bonchev–Trinajstić information content (AvgIpc) is 2.96. The number of hydrogen-bond acceptors (Lipinski definition) is 4. The second-order valence-corrected chi connectivity index (χ2v) is 6.24. The van der Waals surface area contributed by atoms with Gasteiger partial charge in [-0.25, -0.2) is 4.98 Å². The van der Waals surface area contributed by atoms with Crippen molar-refractivity contribution in [3.63, 3.8) is 0 Å². The maximum atomic E-state index is 12.5. The molecule has 0 aliphatic carbocycles.